The molecule has 0 aliphatic heterocycles. The average Bonchev–Trinajstić information content (AvgIpc) is 2.35. The van der Waals surface area contributed by atoms with Gasteiger partial charge in [-0.05, 0) is 13.3 Å². The zero-order valence-corrected chi connectivity index (χ0v) is 11.8. The smallest absolute Gasteiger partial charge is 0.317 e. The summed E-state index contributed by atoms with van der Waals surface area (Å²) in [6.45, 7) is 3.57. The second-order valence-electron chi connectivity index (χ2n) is 4.22. The second kappa shape index (κ2) is 10.6. The Morgan fingerprint density at radius 1 is 1.32 bits per heavy atom. The van der Waals surface area contributed by atoms with Gasteiger partial charge in [0.2, 0.25) is 0 Å². The zero-order valence-electron chi connectivity index (χ0n) is 11.8. The number of methoxy groups -OCH3 is 2. The molecule has 0 aliphatic rings. The molecule has 0 aromatic carbocycles. The van der Waals surface area contributed by atoms with Gasteiger partial charge in [-0.25, -0.2) is 4.79 Å². The van der Waals surface area contributed by atoms with Crippen LogP contribution in [0, 0.1) is 0 Å². The molecule has 0 fully saturated rings. The molecule has 0 saturated carbocycles. The molecule has 7 heteroatoms. The summed E-state index contributed by atoms with van der Waals surface area (Å²) in [5, 5.41) is 11.2. The van der Waals surface area contributed by atoms with E-state index in [0.717, 1.165) is 0 Å². The fraction of sp³-hybridized carbons (Fsp3) is 0.833. The highest BCUT2D eigenvalue weighted by Gasteiger charge is 2.19. The Labute approximate surface area is 113 Å². The van der Waals surface area contributed by atoms with E-state index in [2.05, 4.69) is 5.32 Å². The fourth-order valence-electron chi connectivity index (χ4n) is 1.58. The third-order valence-corrected chi connectivity index (χ3v) is 2.58. The van der Waals surface area contributed by atoms with Crippen LogP contribution in [0.2, 0.25) is 0 Å². The minimum atomic E-state index is -0.863. The van der Waals surface area contributed by atoms with Crippen LogP contribution in [0.4, 0.5) is 4.79 Å². The third kappa shape index (κ3) is 8.39. The van der Waals surface area contributed by atoms with Gasteiger partial charge in [0, 0.05) is 33.7 Å². The number of hydrogen-bond donors (Lipinski definition) is 2. The van der Waals surface area contributed by atoms with Gasteiger partial charge in [0.05, 0.1) is 19.3 Å². The number of carbonyl (C=O) groups is 2. The largest absolute Gasteiger partial charge is 0.481 e. The van der Waals surface area contributed by atoms with Gasteiger partial charge in [0.15, 0.2) is 0 Å². The maximum absolute atomic E-state index is 12.0. The SMILES string of the molecule is COCCN(C(=O)NCCCC(=O)O)C(C)COC. The molecule has 19 heavy (non-hydrogen) atoms. The van der Waals surface area contributed by atoms with E-state index in [0.29, 0.717) is 32.7 Å². The molecule has 1 unspecified atom stereocenters. The monoisotopic (exact) mass is 276 g/mol. The van der Waals surface area contributed by atoms with Gasteiger partial charge in [-0.15, -0.1) is 0 Å². The molecule has 0 rings (SSSR count). The molecule has 1 atom stereocenters. The molecule has 112 valence electrons. The standard InChI is InChI=1S/C12H24N2O5/c1-10(9-19-3)14(7-8-18-2)12(17)13-6-4-5-11(15)16/h10H,4-9H2,1-3H3,(H,13,17)(H,15,16). The van der Waals surface area contributed by atoms with Gasteiger partial charge in [0.25, 0.3) is 0 Å². The lowest BCUT2D eigenvalue weighted by Crippen LogP contribution is -2.48. The highest BCUT2D eigenvalue weighted by atomic mass is 16.5. The molecule has 0 aromatic heterocycles. The summed E-state index contributed by atoms with van der Waals surface area (Å²) in [5.74, 6) is -0.863. The van der Waals surface area contributed by atoms with Crippen molar-refractivity contribution >= 4 is 12.0 Å². The maximum Gasteiger partial charge on any atom is 0.317 e. The van der Waals surface area contributed by atoms with Crippen molar-refractivity contribution in [3.63, 3.8) is 0 Å². The number of ether oxygens (including phenoxy) is 2. The van der Waals surface area contributed by atoms with Crippen molar-refractivity contribution in [3.8, 4) is 0 Å². The molecule has 0 spiro atoms. The van der Waals surface area contributed by atoms with Crippen molar-refractivity contribution in [2.24, 2.45) is 0 Å². The van der Waals surface area contributed by atoms with Crippen molar-refractivity contribution in [2.45, 2.75) is 25.8 Å². The number of nitrogens with zero attached hydrogens (tertiary/aromatic N) is 1. The van der Waals surface area contributed by atoms with Crippen molar-refractivity contribution in [1.82, 2.24) is 10.2 Å². The summed E-state index contributed by atoms with van der Waals surface area (Å²) in [7, 11) is 3.15. The molecular weight excluding hydrogens is 252 g/mol. The number of amides is 2. The topological polar surface area (TPSA) is 88.1 Å². The second-order valence-corrected chi connectivity index (χ2v) is 4.22. The minimum absolute atomic E-state index is 0.0476. The molecule has 0 radical (unpaired) electrons. The molecule has 0 heterocycles. The van der Waals surface area contributed by atoms with E-state index >= 15 is 0 Å². The van der Waals surface area contributed by atoms with E-state index in [9.17, 15) is 9.59 Å². The van der Waals surface area contributed by atoms with Gasteiger partial charge in [-0.1, -0.05) is 0 Å². The Hall–Kier alpha value is -1.34. The van der Waals surface area contributed by atoms with Crippen molar-refractivity contribution in [3.05, 3.63) is 0 Å². The molecular formula is C12H24N2O5. The van der Waals surface area contributed by atoms with E-state index in [4.69, 9.17) is 14.6 Å². The van der Waals surface area contributed by atoms with Crippen LogP contribution >= 0.6 is 0 Å². The number of aliphatic carboxylic acids is 1. The predicted molar refractivity (Wildman–Crippen MR) is 70.2 cm³/mol. The first kappa shape index (κ1) is 17.7. The molecule has 0 bridgehead atoms. The van der Waals surface area contributed by atoms with Crippen LogP contribution in [-0.2, 0) is 14.3 Å². The van der Waals surface area contributed by atoms with E-state index in [1.165, 1.54) is 0 Å². The number of urea groups is 1. The third-order valence-electron chi connectivity index (χ3n) is 2.58. The lowest BCUT2D eigenvalue weighted by atomic mass is 10.3. The lowest BCUT2D eigenvalue weighted by Gasteiger charge is -2.28. The summed E-state index contributed by atoms with van der Waals surface area (Å²) in [6.07, 6.45) is 0.462. The molecule has 0 aromatic rings. The van der Waals surface area contributed by atoms with Gasteiger partial charge in [-0.2, -0.15) is 0 Å². The number of nitrogens with one attached hydrogen (secondary N) is 1. The van der Waals surface area contributed by atoms with Crippen LogP contribution in [0.3, 0.4) is 0 Å². The minimum Gasteiger partial charge on any atom is -0.481 e. The highest BCUT2D eigenvalue weighted by molar-refractivity contribution is 5.74. The number of carboxylic acids is 1. The van der Waals surface area contributed by atoms with Crippen LogP contribution in [-0.4, -0.2) is 68.6 Å². The Morgan fingerprint density at radius 2 is 2.00 bits per heavy atom. The van der Waals surface area contributed by atoms with E-state index < -0.39 is 5.97 Å². The van der Waals surface area contributed by atoms with Crippen LogP contribution in [0.25, 0.3) is 0 Å². The molecule has 0 saturated heterocycles. The number of hydrogen-bond acceptors (Lipinski definition) is 4. The van der Waals surface area contributed by atoms with Crippen LogP contribution < -0.4 is 5.32 Å². The van der Waals surface area contributed by atoms with Crippen LogP contribution in [0.5, 0.6) is 0 Å². The first-order valence-corrected chi connectivity index (χ1v) is 6.27. The van der Waals surface area contributed by atoms with Crippen molar-refractivity contribution in [1.29, 1.82) is 0 Å². The van der Waals surface area contributed by atoms with Gasteiger partial charge in [-0.3, -0.25) is 4.79 Å². The van der Waals surface area contributed by atoms with E-state index in [-0.39, 0.29) is 18.5 Å². The van der Waals surface area contributed by atoms with E-state index in [1.807, 2.05) is 6.92 Å². The highest BCUT2D eigenvalue weighted by Crippen LogP contribution is 2.01. The Balaban J connectivity index is 4.17. The number of carbonyl (C=O) groups excluding carboxylic acids is 1. The van der Waals surface area contributed by atoms with Crippen LogP contribution in [0.1, 0.15) is 19.8 Å². The normalized spacial score (nSPS) is 11.9. The van der Waals surface area contributed by atoms with Crippen molar-refractivity contribution < 1.29 is 24.2 Å². The average molecular weight is 276 g/mol. The molecule has 7 nitrogen and oxygen atoms in total. The maximum atomic E-state index is 12.0. The summed E-state index contributed by atoms with van der Waals surface area (Å²) in [6, 6.07) is -0.299. The summed E-state index contributed by atoms with van der Waals surface area (Å²) >= 11 is 0. The van der Waals surface area contributed by atoms with Gasteiger partial charge >= 0.3 is 12.0 Å². The van der Waals surface area contributed by atoms with Crippen molar-refractivity contribution in [2.75, 3.05) is 40.5 Å². The Kier molecular flexibility index (Phi) is 9.82. The molecule has 2 amide bonds. The first-order chi connectivity index (χ1) is 9.02. The van der Waals surface area contributed by atoms with E-state index in [1.54, 1.807) is 19.1 Å². The first-order valence-electron chi connectivity index (χ1n) is 6.27. The van der Waals surface area contributed by atoms with Gasteiger partial charge in [0.1, 0.15) is 0 Å². The quantitative estimate of drug-likeness (QED) is 0.569. The Morgan fingerprint density at radius 3 is 2.53 bits per heavy atom. The summed E-state index contributed by atoms with van der Waals surface area (Å²) < 4.78 is 10.00. The molecule has 0 aliphatic carbocycles. The number of carboxylic acid groups (broad SMARTS) is 1. The summed E-state index contributed by atoms with van der Waals surface area (Å²) in [4.78, 5) is 23.9. The van der Waals surface area contributed by atoms with Gasteiger partial charge < -0.3 is 24.8 Å². The molecule has 2 N–H and O–H groups in total. The summed E-state index contributed by atoms with van der Waals surface area (Å²) in [5.41, 5.74) is 0. The fourth-order valence-corrected chi connectivity index (χ4v) is 1.58. The number of rotatable bonds is 10. The Bertz CT molecular complexity index is 273. The lowest BCUT2D eigenvalue weighted by molar-refractivity contribution is -0.137. The zero-order chi connectivity index (χ0) is 14.7. The van der Waals surface area contributed by atoms with Crippen LogP contribution in [0.15, 0.2) is 0 Å². The predicted octanol–water partition coefficient (Wildman–Crippen LogP) is 0.544.